The maximum atomic E-state index is 4.60. The summed E-state index contributed by atoms with van der Waals surface area (Å²) in [4.78, 5) is 4.60. The van der Waals surface area contributed by atoms with Crippen molar-refractivity contribution in [1.29, 1.82) is 0 Å². The predicted octanol–water partition coefficient (Wildman–Crippen LogP) is 8.15. The number of aromatic nitrogens is 2. The smallest absolute Gasteiger partial charge is 0.0702 e. The van der Waals surface area contributed by atoms with Gasteiger partial charge in [-0.3, -0.25) is 4.98 Å². The molecule has 7 rings (SSSR count). The number of rotatable bonds is 2. The highest BCUT2D eigenvalue weighted by Crippen LogP contribution is 2.51. The van der Waals surface area contributed by atoms with Gasteiger partial charge in [-0.05, 0) is 70.8 Å². The number of para-hydroxylation sites is 1. The van der Waals surface area contributed by atoms with Crippen molar-refractivity contribution in [3.63, 3.8) is 0 Å². The van der Waals surface area contributed by atoms with Gasteiger partial charge in [-0.25, -0.2) is 0 Å². The van der Waals surface area contributed by atoms with Crippen LogP contribution in [0, 0.1) is 0 Å². The van der Waals surface area contributed by atoms with Crippen LogP contribution in [0.15, 0.2) is 109 Å². The summed E-state index contributed by atoms with van der Waals surface area (Å²) in [5.74, 6) is 0. The van der Waals surface area contributed by atoms with Gasteiger partial charge < -0.3 is 4.57 Å². The van der Waals surface area contributed by atoms with E-state index in [4.69, 9.17) is 0 Å². The molecule has 34 heavy (non-hydrogen) atoms. The molecular formula is C32H24N2. The van der Waals surface area contributed by atoms with Crippen LogP contribution in [-0.4, -0.2) is 9.55 Å². The van der Waals surface area contributed by atoms with E-state index in [1.807, 2.05) is 18.3 Å². The summed E-state index contributed by atoms with van der Waals surface area (Å²) in [6.45, 7) is 4.69. The van der Waals surface area contributed by atoms with Crippen molar-refractivity contribution in [2.24, 2.45) is 0 Å². The molecule has 0 unspecified atom stereocenters. The quantitative estimate of drug-likeness (QED) is 0.268. The van der Waals surface area contributed by atoms with Crippen LogP contribution >= 0.6 is 0 Å². The van der Waals surface area contributed by atoms with Gasteiger partial charge in [0.25, 0.3) is 0 Å². The average Bonchev–Trinajstić information content (AvgIpc) is 3.32. The zero-order valence-corrected chi connectivity index (χ0v) is 19.3. The van der Waals surface area contributed by atoms with E-state index in [0.717, 1.165) is 11.3 Å². The lowest BCUT2D eigenvalue weighted by atomic mass is 9.82. The molecule has 0 atom stereocenters. The van der Waals surface area contributed by atoms with Gasteiger partial charge in [-0.2, -0.15) is 0 Å². The highest BCUT2D eigenvalue weighted by atomic mass is 15.0. The summed E-state index contributed by atoms with van der Waals surface area (Å²) < 4.78 is 2.41. The minimum absolute atomic E-state index is 0.0305. The monoisotopic (exact) mass is 436 g/mol. The normalized spacial score (nSPS) is 13.8. The number of hydrogen-bond acceptors (Lipinski definition) is 1. The fourth-order valence-electron chi connectivity index (χ4n) is 5.76. The van der Waals surface area contributed by atoms with E-state index in [-0.39, 0.29) is 5.41 Å². The lowest BCUT2D eigenvalue weighted by Gasteiger charge is -2.21. The molecule has 0 saturated carbocycles. The minimum atomic E-state index is -0.0305. The van der Waals surface area contributed by atoms with Crippen LogP contribution in [0.5, 0.6) is 0 Å². The zero-order chi connectivity index (χ0) is 22.9. The Bertz CT molecular complexity index is 1710. The summed E-state index contributed by atoms with van der Waals surface area (Å²) in [6, 6.07) is 37.2. The molecule has 0 radical (unpaired) electrons. The number of pyridine rings is 1. The number of benzene rings is 4. The van der Waals surface area contributed by atoms with Crippen molar-refractivity contribution in [2.45, 2.75) is 19.3 Å². The first-order valence-electron chi connectivity index (χ1n) is 11.8. The van der Waals surface area contributed by atoms with Gasteiger partial charge in [-0.15, -0.1) is 0 Å². The molecule has 1 aliphatic carbocycles. The number of fused-ring (bicyclic) bond motifs is 6. The summed E-state index contributed by atoms with van der Waals surface area (Å²) in [7, 11) is 0. The molecule has 0 spiro atoms. The highest BCUT2D eigenvalue weighted by molar-refractivity contribution is 6.12. The first-order chi connectivity index (χ1) is 16.6. The van der Waals surface area contributed by atoms with Gasteiger partial charge in [0.15, 0.2) is 0 Å². The average molecular weight is 437 g/mol. The largest absolute Gasteiger partial charge is 0.309 e. The second-order valence-corrected chi connectivity index (χ2v) is 9.70. The SMILES string of the molecule is CC1(C)c2ccccc2-c2cc3c4cc(-c5ccccn5)ccc4n(-c4ccccc4)c3cc21. The molecule has 0 aliphatic heterocycles. The molecule has 4 aromatic carbocycles. The van der Waals surface area contributed by atoms with Crippen molar-refractivity contribution in [3.8, 4) is 28.1 Å². The van der Waals surface area contributed by atoms with E-state index in [1.54, 1.807) is 0 Å². The number of hydrogen-bond donors (Lipinski definition) is 0. The molecule has 0 N–H and O–H groups in total. The van der Waals surface area contributed by atoms with E-state index in [9.17, 15) is 0 Å². The summed E-state index contributed by atoms with van der Waals surface area (Å²) in [5, 5.41) is 2.54. The van der Waals surface area contributed by atoms with E-state index in [0.29, 0.717) is 0 Å². The van der Waals surface area contributed by atoms with Gasteiger partial charge in [0, 0.05) is 33.6 Å². The molecule has 6 aromatic rings. The van der Waals surface area contributed by atoms with E-state index >= 15 is 0 Å². The molecule has 2 nitrogen and oxygen atoms in total. The van der Waals surface area contributed by atoms with Crippen LogP contribution in [0.25, 0.3) is 49.9 Å². The third-order valence-electron chi connectivity index (χ3n) is 7.44. The molecule has 162 valence electrons. The Labute approximate surface area is 199 Å². The Kier molecular flexibility index (Phi) is 3.93. The van der Waals surface area contributed by atoms with Crippen LogP contribution in [0.2, 0.25) is 0 Å². The Hall–Kier alpha value is -4.17. The van der Waals surface area contributed by atoms with E-state index in [1.165, 1.54) is 49.7 Å². The van der Waals surface area contributed by atoms with Crippen molar-refractivity contribution in [1.82, 2.24) is 9.55 Å². The second kappa shape index (κ2) is 6.91. The van der Waals surface area contributed by atoms with Gasteiger partial charge in [-0.1, -0.05) is 68.4 Å². The summed E-state index contributed by atoms with van der Waals surface area (Å²) in [5.41, 5.74) is 11.3. The molecule has 1 aliphatic rings. The van der Waals surface area contributed by atoms with E-state index < -0.39 is 0 Å². The molecule has 0 saturated heterocycles. The van der Waals surface area contributed by atoms with Crippen molar-refractivity contribution >= 4 is 21.8 Å². The molecule has 0 amide bonds. The van der Waals surface area contributed by atoms with Crippen LogP contribution in [0.1, 0.15) is 25.0 Å². The van der Waals surface area contributed by atoms with Gasteiger partial charge in [0.2, 0.25) is 0 Å². The third kappa shape index (κ3) is 2.60. The summed E-state index contributed by atoms with van der Waals surface area (Å²) >= 11 is 0. The Morgan fingerprint density at radius 1 is 0.618 bits per heavy atom. The molecule has 2 heteroatoms. The highest BCUT2D eigenvalue weighted by Gasteiger charge is 2.36. The minimum Gasteiger partial charge on any atom is -0.309 e. The fraction of sp³-hybridized carbons (Fsp3) is 0.0938. The van der Waals surface area contributed by atoms with Crippen LogP contribution in [0.4, 0.5) is 0 Å². The zero-order valence-electron chi connectivity index (χ0n) is 19.3. The Morgan fingerprint density at radius 2 is 1.38 bits per heavy atom. The van der Waals surface area contributed by atoms with Crippen molar-refractivity contribution in [2.75, 3.05) is 0 Å². The lowest BCUT2D eigenvalue weighted by molar-refractivity contribution is 0.661. The fourth-order valence-corrected chi connectivity index (χ4v) is 5.76. The maximum absolute atomic E-state index is 4.60. The molecule has 0 fully saturated rings. The van der Waals surface area contributed by atoms with Crippen molar-refractivity contribution in [3.05, 3.63) is 120 Å². The second-order valence-electron chi connectivity index (χ2n) is 9.70. The summed E-state index contributed by atoms with van der Waals surface area (Å²) in [6.07, 6.45) is 1.86. The van der Waals surface area contributed by atoms with Gasteiger partial charge in [0.1, 0.15) is 0 Å². The Balaban J connectivity index is 1.61. The van der Waals surface area contributed by atoms with E-state index in [2.05, 4.69) is 114 Å². The number of nitrogens with zero attached hydrogens (tertiary/aromatic N) is 2. The maximum Gasteiger partial charge on any atom is 0.0702 e. The third-order valence-corrected chi connectivity index (χ3v) is 7.44. The first kappa shape index (κ1) is 19.3. The van der Waals surface area contributed by atoms with Crippen LogP contribution in [0.3, 0.4) is 0 Å². The topological polar surface area (TPSA) is 17.8 Å². The predicted molar refractivity (Wildman–Crippen MR) is 142 cm³/mol. The molecule has 2 aromatic heterocycles. The molecule has 2 heterocycles. The Morgan fingerprint density at radius 3 is 2.21 bits per heavy atom. The van der Waals surface area contributed by atoms with Gasteiger partial charge in [0.05, 0.1) is 16.7 Å². The van der Waals surface area contributed by atoms with Crippen LogP contribution < -0.4 is 0 Å². The first-order valence-corrected chi connectivity index (χ1v) is 11.8. The molecule has 0 bridgehead atoms. The van der Waals surface area contributed by atoms with Crippen molar-refractivity contribution < 1.29 is 0 Å². The van der Waals surface area contributed by atoms with Crippen LogP contribution in [-0.2, 0) is 5.41 Å². The standard InChI is InChI=1S/C32H24N2/c1-32(2)27-13-7-6-12-23(27)24-19-26-25-18-21(29-14-8-9-17-33-29)15-16-30(25)34(31(26)20-28(24)32)22-10-4-3-5-11-22/h3-20H,1-2H3. The van der Waals surface area contributed by atoms with Gasteiger partial charge >= 0.3 is 0 Å². The lowest BCUT2D eigenvalue weighted by Crippen LogP contribution is -2.14. The molecular weight excluding hydrogens is 412 g/mol.